The molecule has 0 saturated heterocycles. The summed E-state index contributed by atoms with van der Waals surface area (Å²) in [5, 5.41) is 0.691. The molecule has 0 spiro atoms. The molecule has 2 atom stereocenters. The van der Waals surface area contributed by atoms with E-state index in [1.807, 2.05) is 61.5 Å². The summed E-state index contributed by atoms with van der Waals surface area (Å²) >= 11 is 0. The third kappa shape index (κ3) is 3.66. The van der Waals surface area contributed by atoms with E-state index >= 15 is 0 Å². The predicted octanol–water partition coefficient (Wildman–Crippen LogP) is 6.15. The average molecular weight is 465 g/mol. The molecule has 0 aliphatic heterocycles. The fraction of sp³-hybridized carbons (Fsp3) is 0.161. The van der Waals surface area contributed by atoms with Crippen LogP contribution in [-0.4, -0.2) is 12.6 Å². The summed E-state index contributed by atoms with van der Waals surface area (Å²) in [6.45, 7) is 2.21. The van der Waals surface area contributed by atoms with E-state index in [0.29, 0.717) is 16.5 Å². The van der Waals surface area contributed by atoms with Crippen molar-refractivity contribution in [2.75, 3.05) is 6.54 Å². The summed E-state index contributed by atoms with van der Waals surface area (Å²) in [7, 11) is 0. The van der Waals surface area contributed by atoms with Gasteiger partial charge in [-0.2, -0.15) is 0 Å². The highest BCUT2D eigenvalue weighted by Crippen LogP contribution is 2.48. The Morgan fingerprint density at radius 3 is 1.71 bits per heavy atom. The second-order valence-corrected chi connectivity index (χ2v) is 9.30. The van der Waals surface area contributed by atoms with Crippen LogP contribution in [0.5, 0.6) is 0 Å². The molecule has 0 aliphatic rings. The first-order chi connectivity index (χ1) is 17.0. The summed E-state index contributed by atoms with van der Waals surface area (Å²) < 4.78 is 20.7. The molecular weight excluding hydrogens is 435 g/mol. The van der Waals surface area contributed by atoms with Gasteiger partial charge in [-0.25, -0.2) is 4.39 Å². The molecule has 4 N–H and O–H groups in total. The smallest absolute Gasteiger partial charge is 0.137 e. The molecule has 0 amide bonds. The number of hydrogen-bond acceptors (Lipinski definition) is 3. The molecule has 4 heteroatoms. The zero-order valence-electron chi connectivity index (χ0n) is 19.7. The zero-order chi connectivity index (χ0) is 24.5. The lowest BCUT2D eigenvalue weighted by molar-refractivity contribution is 0.303. The number of furan rings is 1. The highest BCUT2D eigenvalue weighted by Gasteiger charge is 2.51. The minimum Gasteiger partial charge on any atom is -0.464 e. The van der Waals surface area contributed by atoms with Crippen LogP contribution < -0.4 is 11.5 Å². The van der Waals surface area contributed by atoms with Gasteiger partial charge in [-0.3, -0.25) is 0 Å². The molecule has 5 aromatic rings. The van der Waals surface area contributed by atoms with Crippen molar-refractivity contribution in [3.63, 3.8) is 0 Å². The standard InChI is InChI=1S/C31H29FN2O/c1-30(21-33,27-20-26(32)19-22-17-18-35-28(22)27)29(34)31(23-11-5-2-6-12-23,24-13-7-3-8-14-24)25-15-9-4-10-16-25/h2-20,29H,21,33-34H2,1H3. The molecule has 5 rings (SSSR count). The number of rotatable bonds is 7. The topological polar surface area (TPSA) is 65.2 Å². The Hall–Kier alpha value is -3.73. The van der Waals surface area contributed by atoms with Crippen molar-refractivity contribution in [1.29, 1.82) is 0 Å². The maximum absolute atomic E-state index is 14.8. The quantitative estimate of drug-likeness (QED) is 0.284. The molecule has 0 bridgehead atoms. The summed E-state index contributed by atoms with van der Waals surface area (Å²) in [5.41, 5.74) is 16.7. The summed E-state index contributed by atoms with van der Waals surface area (Å²) in [4.78, 5) is 0. The van der Waals surface area contributed by atoms with Crippen molar-refractivity contribution >= 4 is 11.0 Å². The van der Waals surface area contributed by atoms with Crippen molar-refractivity contribution in [3.8, 4) is 0 Å². The molecule has 1 aromatic heterocycles. The van der Waals surface area contributed by atoms with Gasteiger partial charge in [0.05, 0.1) is 11.7 Å². The summed E-state index contributed by atoms with van der Waals surface area (Å²) in [6, 6.07) is 34.9. The van der Waals surface area contributed by atoms with Gasteiger partial charge in [0, 0.05) is 29.0 Å². The number of halogens is 1. The fourth-order valence-electron chi connectivity index (χ4n) is 5.49. The van der Waals surface area contributed by atoms with Crippen LogP contribution in [0.3, 0.4) is 0 Å². The average Bonchev–Trinajstić information content (AvgIpc) is 3.38. The van der Waals surface area contributed by atoms with Gasteiger partial charge >= 0.3 is 0 Å². The summed E-state index contributed by atoms with van der Waals surface area (Å²) in [5.74, 6) is -0.342. The molecule has 0 aliphatic carbocycles. The number of nitrogens with two attached hydrogens (primary N) is 2. The highest BCUT2D eigenvalue weighted by molar-refractivity contribution is 5.82. The van der Waals surface area contributed by atoms with Crippen LogP contribution in [0.15, 0.2) is 120 Å². The van der Waals surface area contributed by atoms with Gasteiger partial charge in [0.25, 0.3) is 0 Å². The Bertz CT molecular complexity index is 1320. The molecule has 1 heterocycles. The van der Waals surface area contributed by atoms with E-state index in [2.05, 4.69) is 36.4 Å². The van der Waals surface area contributed by atoms with Crippen LogP contribution >= 0.6 is 0 Å². The fourth-order valence-corrected chi connectivity index (χ4v) is 5.49. The first kappa shape index (κ1) is 23.0. The van der Waals surface area contributed by atoms with E-state index in [4.69, 9.17) is 15.9 Å². The first-order valence-electron chi connectivity index (χ1n) is 11.8. The van der Waals surface area contributed by atoms with E-state index in [1.54, 1.807) is 12.3 Å². The lowest BCUT2D eigenvalue weighted by Gasteiger charge is -2.49. The molecule has 0 fully saturated rings. The Labute approximate surface area is 205 Å². The largest absolute Gasteiger partial charge is 0.464 e. The SMILES string of the molecule is CC(CN)(c1cc(F)cc2ccoc12)C(N)C(c1ccccc1)(c1ccccc1)c1ccccc1. The Morgan fingerprint density at radius 1 is 0.771 bits per heavy atom. The van der Waals surface area contributed by atoms with E-state index in [0.717, 1.165) is 16.7 Å². The molecule has 176 valence electrons. The first-order valence-corrected chi connectivity index (χ1v) is 11.8. The maximum Gasteiger partial charge on any atom is 0.137 e. The molecule has 2 unspecified atom stereocenters. The van der Waals surface area contributed by atoms with Crippen LogP contribution in [0.4, 0.5) is 4.39 Å². The van der Waals surface area contributed by atoms with Crippen molar-refractivity contribution in [1.82, 2.24) is 0 Å². The van der Waals surface area contributed by atoms with Gasteiger partial charge in [0.1, 0.15) is 11.4 Å². The monoisotopic (exact) mass is 464 g/mol. The minimum absolute atomic E-state index is 0.196. The Kier molecular flexibility index (Phi) is 6.01. The number of fused-ring (bicyclic) bond motifs is 1. The van der Waals surface area contributed by atoms with Gasteiger partial charge in [-0.05, 0) is 34.9 Å². The minimum atomic E-state index is -0.847. The van der Waals surface area contributed by atoms with Crippen molar-refractivity contribution in [2.24, 2.45) is 11.5 Å². The molecule has 4 aromatic carbocycles. The van der Waals surface area contributed by atoms with E-state index in [1.165, 1.54) is 12.1 Å². The second-order valence-electron chi connectivity index (χ2n) is 9.30. The van der Waals surface area contributed by atoms with Crippen molar-refractivity contribution < 1.29 is 8.81 Å². The molecule has 35 heavy (non-hydrogen) atoms. The van der Waals surface area contributed by atoms with Gasteiger partial charge < -0.3 is 15.9 Å². The Balaban J connectivity index is 1.87. The third-order valence-electron chi connectivity index (χ3n) is 7.40. The van der Waals surface area contributed by atoms with Crippen LogP contribution in [0, 0.1) is 5.82 Å². The molecule has 3 nitrogen and oxygen atoms in total. The lowest BCUT2D eigenvalue weighted by atomic mass is 9.56. The van der Waals surface area contributed by atoms with Crippen LogP contribution in [0.2, 0.25) is 0 Å². The molecule has 0 saturated carbocycles. The van der Waals surface area contributed by atoms with Gasteiger partial charge in [0.2, 0.25) is 0 Å². The van der Waals surface area contributed by atoms with Crippen LogP contribution in [-0.2, 0) is 10.8 Å². The van der Waals surface area contributed by atoms with E-state index in [9.17, 15) is 4.39 Å². The van der Waals surface area contributed by atoms with E-state index < -0.39 is 16.9 Å². The van der Waals surface area contributed by atoms with Gasteiger partial charge in [-0.1, -0.05) is 97.9 Å². The van der Waals surface area contributed by atoms with E-state index in [-0.39, 0.29) is 12.4 Å². The number of hydrogen-bond donors (Lipinski definition) is 2. The van der Waals surface area contributed by atoms with Gasteiger partial charge in [0.15, 0.2) is 0 Å². The molecular formula is C31H29FN2O. The summed E-state index contributed by atoms with van der Waals surface area (Å²) in [6.07, 6.45) is 1.58. The molecule has 0 radical (unpaired) electrons. The normalized spacial score (nSPS) is 14.5. The lowest BCUT2D eigenvalue weighted by Crippen LogP contribution is -2.60. The maximum atomic E-state index is 14.8. The van der Waals surface area contributed by atoms with Crippen molar-refractivity contribution in [3.05, 3.63) is 144 Å². The zero-order valence-corrected chi connectivity index (χ0v) is 19.7. The van der Waals surface area contributed by atoms with Crippen molar-refractivity contribution in [2.45, 2.75) is 23.8 Å². The van der Waals surface area contributed by atoms with Gasteiger partial charge in [-0.15, -0.1) is 0 Å². The highest BCUT2D eigenvalue weighted by atomic mass is 19.1. The Morgan fingerprint density at radius 2 is 1.26 bits per heavy atom. The third-order valence-corrected chi connectivity index (χ3v) is 7.40. The van der Waals surface area contributed by atoms with Crippen LogP contribution in [0.25, 0.3) is 11.0 Å². The second kappa shape index (κ2) is 9.14. The predicted molar refractivity (Wildman–Crippen MR) is 140 cm³/mol. The number of benzene rings is 4. The van der Waals surface area contributed by atoms with Crippen LogP contribution in [0.1, 0.15) is 29.2 Å².